The topological polar surface area (TPSA) is 74.6 Å². The van der Waals surface area contributed by atoms with Crippen molar-refractivity contribution in [1.29, 1.82) is 0 Å². The summed E-state index contributed by atoms with van der Waals surface area (Å²) in [6.07, 6.45) is -1.23. The quantitative estimate of drug-likeness (QED) is 0.805. The monoisotopic (exact) mass is 244 g/mol. The maximum atomic E-state index is 11.8. The summed E-state index contributed by atoms with van der Waals surface area (Å²) in [5.41, 5.74) is 1.90. The molecule has 16 heavy (non-hydrogen) atoms. The SMILES string of the molecule is Cc1ccc(S(=O)(=O)C[C@@H](O)CO)cc1C. The van der Waals surface area contributed by atoms with E-state index in [4.69, 9.17) is 10.2 Å². The van der Waals surface area contributed by atoms with Crippen molar-refractivity contribution in [2.75, 3.05) is 12.4 Å². The van der Waals surface area contributed by atoms with E-state index >= 15 is 0 Å². The Hall–Kier alpha value is -0.910. The predicted octanol–water partition coefficient (Wildman–Crippen LogP) is 0.430. The zero-order valence-electron chi connectivity index (χ0n) is 9.34. The van der Waals surface area contributed by atoms with Gasteiger partial charge in [-0.1, -0.05) is 6.07 Å². The predicted molar refractivity (Wildman–Crippen MR) is 61.1 cm³/mol. The van der Waals surface area contributed by atoms with Gasteiger partial charge < -0.3 is 10.2 Å². The van der Waals surface area contributed by atoms with Crippen molar-refractivity contribution in [3.8, 4) is 0 Å². The minimum absolute atomic E-state index is 0.183. The van der Waals surface area contributed by atoms with Crippen molar-refractivity contribution < 1.29 is 18.6 Å². The molecule has 1 rings (SSSR count). The van der Waals surface area contributed by atoms with Gasteiger partial charge in [-0.15, -0.1) is 0 Å². The molecule has 0 saturated heterocycles. The third-order valence-electron chi connectivity index (χ3n) is 2.46. The van der Waals surface area contributed by atoms with E-state index in [-0.39, 0.29) is 4.90 Å². The fourth-order valence-electron chi connectivity index (χ4n) is 1.31. The second-order valence-electron chi connectivity index (χ2n) is 3.86. The zero-order chi connectivity index (χ0) is 12.3. The first kappa shape index (κ1) is 13.2. The van der Waals surface area contributed by atoms with Crippen molar-refractivity contribution in [2.45, 2.75) is 24.8 Å². The highest BCUT2D eigenvalue weighted by Crippen LogP contribution is 2.16. The van der Waals surface area contributed by atoms with Crippen LogP contribution in [0.3, 0.4) is 0 Å². The lowest BCUT2D eigenvalue weighted by Gasteiger charge is -2.09. The molecule has 1 aromatic rings. The van der Waals surface area contributed by atoms with Crippen LogP contribution in [0.5, 0.6) is 0 Å². The molecule has 0 heterocycles. The van der Waals surface area contributed by atoms with Gasteiger partial charge in [-0.2, -0.15) is 0 Å². The average Bonchev–Trinajstić information content (AvgIpc) is 2.21. The lowest BCUT2D eigenvalue weighted by atomic mass is 10.1. The summed E-state index contributed by atoms with van der Waals surface area (Å²) in [5.74, 6) is -0.452. The van der Waals surface area contributed by atoms with Crippen LogP contribution in [0.25, 0.3) is 0 Å². The molecule has 90 valence electrons. The minimum Gasteiger partial charge on any atom is -0.394 e. The molecular weight excluding hydrogens is 228 g/mol. The Balaban J connectivity index is 3.03. The summed E-state index contributed by atoms with van der Waals surface area (Å²) in [7, 11) is -3.52. The molecule has 0 aliphatic carbocycles. The summed E-state index contributed by atoms with van der Waals surface area (Å²) in [4.78, 5) is 0.183. The fourth-order valence-corrected chi connectivity index (χ4v) is 2.75. The minimum atomic E-state index is -3.52. The summed E-state index contributed by atoms with van der Waals surface area (Å²) in [6.45, 7) is 3.18. The third-order valence-corrected chi connectivity index (χ3v) is 4.26. The molecule has 0 amide bonds. The standard InChI is InChI=1S/C11H16O4S/c1-8-3-4-11(5-9(8)2)16(14,15)7-10(13)6-12/h3-5,10,12-13H,6-7H2,1-2H3/t10-/m0/s1. The van der Waals surface area contributed by atoms with Gasteiger partial charge >= 0.3 is 0 Å². The smallest absolute Gasteiger partial charge is 0.181 e. The lowest BCUT2D eigenvalue weighted by molar-refractivity contribution is 0.112. The first-order valence-corrected chi connectivity index (χ1v) is 6.61. The Morgan fingerprint density at radius 2 is 1.88 bits per heavy atom. The maximum absolute atomic E-state index is 11.8. The second-order valence-corrected chi connectivity index (χ2v) is 5.90. The largest absolute Gasteiger partial charge is 0.394 e. The van der Waals surface area contributed by atoms with Crippen molar-refractivity contribution >= 4 is 9.84 Å². The number of benzene rings is 1. The van der Waals surface area contributed by atoms with Crippen LogP contribution in [0, 0.1) is 13.8 Å². The maximum Gasteiger partial charge on any atom is 0.181 e. The molecule has 0 aromatic heterocycles. The van der Waals surface area contributed by atoms with Crippen LogP contribution in [0.15, 0.2) is 23.1 Å². The van der Waals surface area contributed by atoms with E-state index in [0.717, 1.165) is 11.1 Å². The summed E-state index contributed by atoms with van der Waals surface area (Å²) >= 11 is 0. The van der Waals surface area contributed by atoms with Crippen molar-refractivity contribution in [3.05, 3.63) is 29.3 Å². The van der Waals surface area contributed by atoms with Gasteiger partial charge in [-0.05, 0) is 37.1 Å². The van der Waals surface area contributed by atoms with Gasteiger partial charge in [-0.25, -0.2) is 8.42 Å². The highest BCUT2D eigenvalue weighted by Gasteiger charge is 2.19. The molecular formula is C11H16O4S. The number of hydrogen-bond acceptors (Lipinski definition) is 4. The van der Waals surface area contributed by atoms with Gasteiger partial charge in [0.05, 0.1) is 23.4 Å². The van der Waals surface area contributed by atoms with Gasteiger partial charge in [0, 0.05) is 0 Å². The van der Waals surface area contributed by atoms with Crippen molar-refractivity contribution in [3.63, 3.8) is 0 Å². The Kier molecular flexibility index (Phi) is 4.07. The Bertz CT molecular complexity index is 465. The number of aliphatic hydroxyl groups is 2. The van der Waals surface area contributed by atoms with Gasteiger partial charge in [0.25, 0.3) is 0 Å². The summed E-state index contributed by atoms with van der Waals surface area (Å²) in [5, 5.41) is 17.8. The van der Waals surface area contributed by atoms with Gasteiger partial charge in [0.2, 0.25) is 0 Å². The molecule has 5 heteroatoms. The van der Waals surface area contributed by atoms with E-state index < -0.39 is 28.3 Å². The molecule has 0 fully saturated rings. The Morgan fingerprint density at radius 3 is 2.38 bits per heavy atom. The van der Waals surface area contributed by atoms with E-state index in [1.807, 2.05) is 13.8 Å². The number of aliphatic hydroxyl groups excluding tert-OH is 2. The number of rotatable bonds is 4. The van der Waals surface area contributed by atoms with E-state index in [2.05, 4.69) is 0 Å². The second kappa shape index (κ2) is 4.95. The molecule has 1 atom stereocenters. The normalized spacial score (nSPS) is 13.8. The van der Waals surface area contributed by atoms with Crippen LogP contribution in [-0.2, 0) is 9.84 Å². The lowest BCUT2D eigenvalue weighted by Crippen LogP contribution is -2.24. The van der Waals surface area contributed by atoms with Crippen LogP contribution >= 0.6 is 0 Å². The van der Waals surface area contributed by atoms with Gasteiger partial charge in [0.15, 0.2) is 9.84 Å². The fraction of sp³-hybridized carbons (Fsp3) is 0.455. The van der Waals surface area contributed by atoms with Crippen LogP contribution in [0.2, 0.25) is 0 Å². The summed E-state index contributed by atoms with van der Waals surface area (Å²) in [6, 6.07) is 4.82. The molecule has 4 nitrogen and oxygen atoms in total. The molecule has 0 saturated carbocycles. The molecule has 0 aliphatic rings. The number of hydrogen-bond donors (Lipinski definition) is 2. The van der Waals surface area contributed by atoms with E-state index in [9.17, 15) is 8.42 Å². The van der Waals surface area contributed by atoms with Crippen LogP contribution in [-0.4, -0.2) is 37.1 Å². The van der Waals surface area contributed by atoms with E-state index in [1.54, 1.807) is 12.1 Å². The Morgan fingerprint density at radius 1 is 1.25 bits per heavy atom. The van der Waals surface area contributed by atoms with Crippen LogP contribution in [0.4, 0.5) is 0 Å². The summed E-state index contributed by atoms with van der Waals surface area (Å²) < 4.78 is 23.6. The molecule has 2 N–H and O–H groups in total. The van der Waals surface area contributed by atoms with Crippen molar-refractivity contribution in [2.24, 2.45) is 0 Å². The van der Waals surface area contributed by atoms with E-state index in [0.29, 0.717) is 0 Å². The number of sulfone groups is 1. The molecule has 0 aliphatic heterocycles. The Labute approximate surface area is 95.5 Å². The van der Waals surface area contributed by atoms with E-state index in [1.165, 1.54) is 6.07 Å². The number of aryl methyl sites for hydroxylation is 2. The van der Waals surface area contributed by atoms with Crippen LogP contribution < -0.4 is 0 Å². The molecule has 0 spiro atoms. The highest BCUT2D eigenvalue weighted by molar-refractivity contribution is 7.91. The molecule has 0 bridgehead atoms. The van der Waals surface area contributed by atoms with Crippen LogP contribution in [0.1, 0.15) is 11.1 Å². The molecule has 0 radical (unpaired) electrons. The average molecular weight is 244 g/mol. The highest BCUT2D eigenvalue weighted by atomic mass is 32.2. The molecule has 1 aromatic carbocycles. The first-order chi connectivity index (χ1) is 7.36. The third kappa shape index (κ3) is 3.04. The van der Waals surface area contributed by atoms with Crippen molar-refractivity contribution in [1.82, 2.24) is 0 Å². The zero-order valence-corrected chi connectivity index (χ0v) is 10.2. The molecule has 0 unspecified atom stereocenters. The first-order valence-electron chi connectivity index (χ1n) is 4.96. The van der Waals surface area contributed by atoms with Gasteiger partial charge in [0.1, 0.15) is 0 Å². The van der Waals surface area contributed by atoms with Gasteiger partial charge in [-0.3, -0.25) is 0 Å².